The summed E-state index contributed by atoms with van der Waals surface area (Å²) in [6.07, 6.45) is 3.97. The highest BCUT2D eigenvalue weighted by atomic mass is 32.2. The van der Waals surface area contributed by atoms with Gasteiger partial charge in [0.1, 0.15) is 18.3 Å². The highest BCUT2D eigenvalue weighted by Crippen LogP contribution is 2.33. The molecule has 0 heterocycles. The third-order valence-electron chi connectivity index (χ3n) is 7.39. The van der Waals surface area contributed by atoms with Crippen LogP contribution in [0.4, 0.5) is 5.69 Å². The van der Waals surface area contributed by atoms with E-state index in [1.165, 1.54) is 17.0 Å². The normalized spacial score (nSPS) is 14.3. The summed E-state index contributed by atoms with van der Waals surface area (Å²) in [6, 6.07) is 21.9. The van der Waals surface area contributed by atoms with Gasteiger partial charge in [0, 0.05) is 12.6 Å². The minimum absolute atomic E-state index is 0.0591. The van der Waals surface area contributed by atoms with E-state index in [4.69, 9.17) is 4.74 Å². The minimum atomic E-state index is -4.17. The first-order chi connectivity index (χ1) is 19.7. The molecule has 3 aromatic rings. The molecule has 0 saturated heterocycles. The van der Waals surface area contributed by atoms with Gasteiger partial charge < -0.3 is 15.0 Å². The van der Waals surface area contributed by atoms with Gasteiger partial charge in [-0.3, -0.25) is 13.9 Å². The lowest BCUT2D eigenvalue weighted by Gasteiger charge is -2.33. The van der Waals surface area contributed by atoms with Crippen molar-refractivity contribution < 1.29 is 22.7 Å². The van der Waals surface area contributed by atoms with Gasteiger partial charge in [-0.2, -0.15) is 0 Å². The van der Waals surface area contributed by atoms with Crippen LogP contribution < -0.4 is 14.4 Å². The number of aryl methyl sites for hydroxylation is 1. The number of hydrogen-bond donors (Lipinski definition) is 1. The van der Waals surface area contributed by atoms with Gasteiger partial charge in [-0.15, -0.1) is 0 Å². The molecule has 0 radical (unpaired) electrons. The maximum absolute atomic E-state index is 14.1. The van der Waals surface area contributed by atoms with E-state index >= 15 is 0 Å². The molecular weight excluding hydrogens is 538 g/mol. The topological polar surface area (TPSA) is 96.0 Å². The largest absolute Gasteiger partial charge is 0.492 e. The molecule has 0 aromatic heterocycles. The van der Waals surface area contributed by atoms with Crippen LogP contribution >= 0.6 is 0 Å². The van der Waals surface area contributed by atoms with Crippen molar-refractivity contribution in [1.29, 1.82) is 0 Å². The minimum Gasteiger partial charge on any atom is -0.492 e. The summed E-state index contributed by atoms with van der Waals surface area (Å²) in [5.74, 6) is -0.395. The second kappa shape index (κ2) is 13.7. The van der Waals surface area contributed by atoms with Gasteiger partial charge in [-0.1, -0.05) is 73.0 Å². The number of carbonyl (C=O) groups is 2. The average molecular weight is 578 g/mol. The number of carbonyl (C=O) groups excluding carboxylic acids is 2. The molecule has 1 saturated carbocycles. The number of benzene rings is 3. The third-order valence-corrected chi connectivity index (χ3v) is 9.16. The number of hydrogen-bond acceptors (Lipinski definition) is 5. The van der Waals surface area contributed by atoms with Gasteiger partial charge in [0.2, 0.25) is 11.8 Å². The molecule has 4 rings (SSSR count). The first-order valence-corrected chi connectivity index (χ1v) is 15.6. The van der Waals surface area contributed by atoms with Crippen molar-refractivity contribution in [1.82, 2.24) is 10.2 Å². The fraction of sp³-hybridized carbons (Fsp3) is 0.375. The molecule has 9 heteroatoms. The first kappa shape index (κ1) is 30.1. The van der Waals surface area contributed by atoms with E-state index < -0.39 is 28.5 Å². The first-order valence-electron chi connectivity index (χ1n) is 14.2. The number of anilines is 1. The SMILES string of the molecule is CCOc1ccccc1N(CC(=O)N(Cc1ccccc1)C(C)C(=O)NC1CCCC1)S(=O)(=O)c1ccc(C)cc1. The fourth-order valence-corrected chi connectivity index (χ4v) is 6.47. The van der Waals surface area contributed by atoms with Crippen molar-refractivity contribution >= 4 is 27.5 Å². The summed E-state index contributed by atoms with van der Waals surface area (Å²) in [7, 11) is -4.17. The lowest BCUT2D eigenvalue weighted by molar-refractivity contribution is -0.139. The molecule has 8 nitrogen and oxygen atoms in total. The van der Waals surface area contributed by atoms with Gasteiger partial charge in [-0.05, 0) is 63.4 Å². The number of sulfonamides is 1. The summed E-state index contributed by atoms with van der Waals surface area (Å²) in [4.78, 5) is 29.0. The zero-order valence-electron chi connectivity index (χ0n) is 24.0. The summed E-state index contributed by atoms with van der Waals surface area (Å²) in [6.45, 7) is 5.35. The molecule has 1 aliphatic rings. The fourth-order valence-electron chi connectivity index (χ4n) is 5.05. The quantitative estimate of drug-likeness (QED) is 0.325. The maximum atomic E-state index is 14.1. The Morgan fingerprint density at radius 2 is 1.59 bits per heavy atom. The van der Waals surface area contributed by atoms with E-state index in [1.54, 1.807) is 43.3 Å². The number of ether oxygens (including phenoxy) is 1. The van der Waals surface area contributed by atoms with Gasteiger partial charge in [0.25, 0.3) is 10.0 Å². The highest BCUT2D eigenvalue weighted by Gasteiger charge is 2.34. The van der Waals surface area contributed by atoms with Crippen molar-refractivity contribution in [3.63, 3.8) is 0 Å². The van der Waals surface area contributed by atoms with E-state index in [-0.39, 0.29) is 29.1 Å². The maximum Gasteiger partial charge on any atom is 0.264 e. The van der Waals surface area contributed by atoms with Gasteiger partial charge in [0.15, 0.2) is 0 Å². The Kier molecular flexibility index (Phi) is 10.0. The second-order valence-corrected chi connectivity index (χ2v) is 12.3. The molecule has 0 aliphatic heterocycles. The predicted molar refractivity (Wildman–Crippen MR) is 160 cm³/mol. The van der Waals surface area contributed by atoms with Crippen LogP contribution in [0.1, 0.15) is 50.7 Å². The molecule has 1 atom stereocenters. The van der Waals surface area contributed by atoms with Crippen LogP contribution in [0, 0.1) is 6.92 Å². The number of nitrogens with one attached hydrogen (secondary N) is 1. The summed E-state index contributed by atoms with van der Waals surface area (Å²) in [5.41, 5.74) is 2.01. The van der Waals surface area contributed by atoms with Crippen LogP contribution in [0.15, 0.2) is 83.8 Å². The molecule has 0 bridgehead atoms. The van der Waals surface area contributed by atoms with Crippen LogP contribution in [-0.4, -0.2) is 50.4 Å². The number of rotatable bonds is 12. The van der Waals surface area contributed by atoms with E-state index in [0.29, 0.717) is 12.4 Å². The predicted octanol–water partition coefficient (Wildman–Crippen LogP) is 5.07. The van der Waals surface area contributed by atoms with E-state index in [9.17, 15) is 18.0 Å². The molecule has 1 fully saturated rings. The summed E-state index contributed by atoms with van der Waals surface area (Å²) in [5, 5.41) is 3.09. The lowest BCUT2D eigenvalue weighted by atomic mass is 10.1. The molecule has 41 heavy (non-hydrogen) atoms. The molecule has 1 aliphatic carbocycles. The Labute approximate surface area is 243 Å². The zero-order chi connectivity index (χ0) is 29.4. The number of para-hydroxylation sites is 2. The van der Waals surface area contributed by atoms with Crippen molar-refractivity contribution in [2.45, 2.75) is 70.0 Å². The second-order valence-electron chi connectivity index (χ2n) is 10.4. The van der Waals surface area contributed by atoms with Crippen molar-refractivity contribution in [3.8, 4) is 5.75 Å². The number of amides is 2. The van der Waals surface area contributed by atoms with Crippen LogP contribution in [0.25, 0.3) is 0 Å². The van der Waals surface area contributed by atoms with E-state index in [0.717, 1.165) is 41.1 Å². The third kappa shape index (κ3) is 7.47. The molecule has 218 valence electrons. The van der Waals surface area contributed by atoms with Crippen LogP contribution in [-0.2, 0) is 26.2 Å². The smallest absolute Gasteiger partial charge is 0.264 e. The molecule has 3 aromatic carbocycles. The van der Waals surface area contributed by atoms with Gasteiger partial charge in [-0.25, -0.2) is 8.42 Å². The monoisotopic (exact) mass is 577 g/mol. The zero-order valence-corrected chi connectivity index (χ0v) is 24.8. The van der Waals surface area contributed by atoms with Crippen molar-refractivity contribution in [3.05, 3.63) is 90.0 Å². The average Bonchev–Trinajstić information content (AvgIpc) is 3.48. The molecule has 1 unspecified atom stereocenters. The number of nitrogens with zero attached hydrogens (tertiary/aromatic N) is 2. The molecular formula is C32H39N3O5S. The Morgan fingerprint density at radius 1 is 0.951 bits per heavy atom. The summed E-state index contributed by atoms with van der Waals surface area (Å²) >= 11 is 0. The highest BCUT2D eigenvalue weighted by molar-refractivity contribution is 7.92. The Bertz CT molecular complexity index is 1420. The standard InChI is InChI=1S/C32H39N3O5S/c1-4-40-30-17-11-10-16-29(30)35(41(38,39)28-20-18-24(2)19-21-28)23-31(36)34(22-26-12-6-5-7-13-26)25(3)32(37)33-27-14-8-9-15-27/h5-7,10-13,16-21,25,27H,4,8-9,14-15,22-23H2,1-3H3,(H,33,37). The van der Waals surface area contributed by atoms with Crippen molar-refractivity contribution in [2.24, 2.45) is 0 Å². The Hall–Kier alpha value is -3.85. The summed E-state index contributed by atoms with van der Waals surface area (Å²) < 4.78 is 35.0. The van der Waals surface area contributed by atoms with E-state index in [2.05, 4.69) is 5.32 Å². The van der Waals surface area contributed by atoms with E-state index in [1.807, 2.05) is 44.2 Å². The Balaban J connectivity index is 1.71. The van der Waals surface area contributed by atoms with Crippen LogP contribution in [0.2, 0.25) is 0 Å². The molecule has 1 N–H and O–H groups in total. The van der Waals surface area contributed by atoms with Gasteiger partial charge >= 0.3 is 0 Å². The molecule has 0 spiro atoms. The molecule has 2 amide bonds. The lowest BCUT2D eigenvalue weighted by Crippen LogP contribution is -2.52. The van der Waals surface area contributed by atoms with Crippen molar-refractivity contribution in [2.75, 3.05) is 17.5 Å². The van der Waals surface area contributed by atoms with Crippen LogP contribution in [0.3, 0.4) is 0 Å². The van der Waals surface area contributed by atoms with Crippen LogP contribution in [0.5, 0.6) is 5.75 Å². The Morgan fingerprint density at radius 3 is 2.24 bits per heavy atom. The van der Waals surface area contributed by atoms with Gasteiger partial charge in [0.05, 0.1) is 17.2 Å².